The van der Waals surface area contributed by atoms with E-state index in [1.165, 1.54) is 0 Å². The molecule has 0 amide bonds. The van der Waals surface area contributed by atoms with Crippen LogP contribution in [0.25, 0.3) is 11.3 Å². The van der Waals surface area contributed by atoms with Gasteiger partial charge in [-0.25, -0.2) is 0 Å². The molecule has 0 radical (unpaired) electrons. The lowest BCUT2D eigenvalue weighted by Crippen LogP contribution is -1.94. The molecule has 4 heteroatoms. The number of aromatic nitrogens is 2. The topological polar surface area (TPSA) is 47.3 Å². The standard InChI is InChI=1S/C14H18N2O2/c1-4-9-18-12-7-5-11(6-8-12)13-14(17)10(2)16(3)15-13/h5-8,17H,4,9H2,1-3H3. The first-order valence-corrected chi connectivity index (χ1v) is 6.09. The molecule has 0 bridgehead atoms. The lowest BCUT2D eigenvalue weighted by Gasteiger charge is -2.04. The largest absolute Gasteiger partial charge is 0.504 e. The molecule has 1 N–H and O–H groups in total. The lowest BCUT2D eigenvalue weighted by atomic mass is 10.1. The van der Waals surface area contributed by atoms with Gasteiger partial charge in [0.15, 0.2) is 5.75 Å². The van der Waals surface area contributed by atoms with Crippen LogP contribution in [0.4, 0.5) is 0 Å². The number of hydrogen-bond donors (Lipinski definition) is 1. The Bertz CT molecular complexity index is 529. The first-order chi connectivity index (χ1) is 8.63. The second-order valence-electron chi connectivity index (χ2n) is 4.28. The molecule has 0 atom stereocenters. The van der Waals surface area contributed by atoms with Gasteiger partial charge >= 0.3 is 0 Å². The summed E-state index contributed by atoms with van der Waals surface area (Å²) in [5.74, 6) is 1.08. The van der Waals surface area contributed by atoms with E-state index in [1.807, 2.05) is 38.2 Å². The van der Waals surface area contributed by atoms with Crippen molar-refractivity contribution >= 4 is 0 Å². The van der Waals surface area contributed by atoms with Gasteiger partial charge in [-0.1, -0.05) is 6.92 Å². The Morgan fingerprint density at radius 3 is 2.44 bits per heavy atom. The van der Waals surface area contributed by atoms with Crippen molar-refractivity contribution < 1.29 is 9.84 Å². The molecule has 0 fully saturated rings. The van der Waals surface area contributed by atoms with Gasteiger partial charge in [0.25, 0.3) is 0 Å². The Morgan fingerprint density at radius 1 is 1.28 bits per heavy atom. The summed E-state index contributed by atoms with van der Waals surface area (Å²) < 4.78 is 7.19. The predicted molar refractivity (Wildman–Crippen MR) is 70.8 cm³/mol. The van der Waals surface area contributed by atoms with E-state index in [0.29, 0.717) is 12.3 Å². The average Bonchev–Trinajstić information content (AvgIpc) is 2.65. The van der Waals surface area contributed by atoms with Gasteiger partial charge in [0.1, 0.15) is 11.4 Å². The third-order valence-electron chi connectivity index (χ3n) is 2.90. The van der Waals surface area contributed by atoms with Crippen molar-refractivity contribution in [3.63, 3.8) is 0 Å². The molecular weight excluding hydrogens is 228 g/mol. The van der Waals surface area contributed by atoms with Crippen molar-refractivity contribution in [2.24, 2.45) is 7.05 Å². The number of ether oxygens (including phenoxy) is 1. The molecule has 96 valence electrons. The van der Waals surface area contributed by atoms with Crippen molar-refractivity contribution in [3.05, 3.63) is 30.0 Å². The average molecular weight is 246 g/mol. The minimum atomic E-state index is 0.236. The van der Waals surface area contributed by atoms with Crippen LogP contribution < -0.4 is 4.74 Å². The van der Waals surface area contributed by atoms with E-state index in [9.17, 15) is 5.11 Å². The second kappa shape index (κ2) is 5.12. The molecule has 0 unspecified atom stereocenters. The van der Waals surface area contributed by atoms with E-state index in [-0.39, 0.29) is 5.75 Å². The molecular formula is C14H18N2O2. The SMILES string of the molecule is CCCOc1ccc(-c2nn(C)c(C)c2O)cc1. The van der Waals surface area contributed by atoms with E-state index >= 15 is 0 Å². The maximum atomic E-state index is 9.97. The van der Waals surface area contributed by atoms with Crippen LogP contribution in [0.1, 0.15) is 19.0 Å². The third-order valence-corrected chi connectivity index (χ3v) is 2.90. The highest BCUT2D eigenvalue weighted by Crippen LogP contribution is 2.31. The fourth-order valence-corrected chi connectivity index (χ4v) is 1.72. The fourth-order valence-electron chi connectivity index (χ4n) is 1.72. The highest BCUT2D eigenvalue weighted by atomic mass is 16.5. The van der Waals surface area contributed by atoms with Crippen LogP contribution in [0.3, 0.4) is 0 Å². The Kier molecular flexibility index (Phi) is 3.55. The molecule has 2 aromatic rings. The van der Waals surface area contributed by atoms with Crippen LogP contribution >= 0.6 is 0 Å². The van der Waals surface area contributed by atoms with E-state index in [1.54, 1.807) is 4.68 Å². The van der Waals surface area contributed by atoms with Crippen LogP contribution in [0.15, 0.2) is 24.3 Å². The zero-order chi connectivity index (χ0) is 13.1. The smallest absolute Gasteiger partial charge is 0.164 e. The number of aromatic hydroxyl groups is 1. The van der Waals surface area contributed by atoms with E-state index in [4.69, 9.17) is 4.74 Å². The fraction of sp³-hybridized carbons (Fsp3) is 0.357. The molecule has 0 aliphatic heterocycles. The summed E-state index contributed by atoms with van der Waals surface area (Å²) >= 11 is 0. The van der Waals surface area contributed by atoms with Crippen molar-refractivity contribution in [1.82, 2.24) is 9.78 Å². The van der Waals surface area contributed by atoms with Crippen molar-refractivity contribution in [2.75, 3.05) is 6.61 Å². The maximum absolute atomic E-state index is 9.97. The molecule has 0 spiro atoms. The van der Waals surface area contributed by atoms with Crippen LogP contribution in [0.2, 0.25) is 0 Å². The monoisotopic (exact) mass is 246 g/mol. The minimum Gasteiger partial charge on any atom is -0.504 e. The first kappa shape index (κ1) is 12.5. The Labute approximate surface area is 107 Å². The van der Waals surface area contributed by atoms with Gasteiger partial charge in [0.05, 0.1) is 12.3 Å². The Hall–Kier alpha value is -1.97. The Morgan fingerprint density at radius 2 is 1.94 bits per heavy atom. The van der Waals surface area contributed by atoms with Crippen LogP contribution in [-0.2, 0) is 7.05 Å². The number of hydrogen-bond acceptors (Lipinski definition) is 3. The molecule has 0 saturated carbocycles. The van der Waals surface area contributed by atoms with Gasteiger partial charge < -0.3 is 9.84 Å². The summed E-state index contributed by atoms with van der Waals surface area (Å²) in [7, 11) is 1.82. The van der Waals surface area contributed by atoms with Gasteiger partial charge in [-0.05, 0) is 37.6 Å². The highest BCUT2D eigenvalue weighted by Gasteiger charge is 2.13. The zero-order valence-corrected chi connectivity index (χ0v) is 11.0. The second-order valence-corrected chi connectivity index (χ2v) is 4.28. The quantitative estimate of drug-likeness (QED) is 0.902. The summed E-state index contributed by atoms with van der Waals surface area (Å²) in [5, 5.41) is 14.3. The maximum Gasteiger partial charge on any atom is 0.164 e. The zero-order valence-electron chi connectivity index (χ0n) is 11.0. The number of aryl methyl sites for hydroxylation is 1. The predicted octanol–water partition coefficient (Wildman–Crippen LogP) is 2.89. The molecule has 0 aliphatic carbocycles. The first-order valence-electron chi connectivity index (χ1n) is 6.09. The van der Waals surface area contributed by atoms with Gasteiger partial charge in [-0.3, -0.25) is 4.68 Å². The summed E-state index contributed by atoms with van der Waals surface area (Å²) in [6, 6.07) is 7.61. The normalized spacial score (nSPS) is 10.6. The summed E-state index contributed by atoms with van der Waals surface area (Å²) in [4.78, 5) is 0. The van der Waals surface area contributed by atoms with Crippen molar-refractivity contribution in [3.8, 4) is 22.8 Å². The van der Waals surface area contributed by atoms with Crippen molar-refractivity contribution in [2.45, 2.75) is 20.3 Å². The summed E-state index contributed by atoms with van der Waals surface area (Å²) in [5.41, 5.74) is 2.26. The highest BCUT2D eigenvalue weighted by molar-refractivity contribution is 5.67. The lowest BCUT2D eigenvalue weighted by molar-refractivity contribution is 0.317. The summed E-state index contributed by atoms with van der Waals surface area (Å²) in [6.45, 7) is 4.63. The molecule has 18 heavy (non-hydrogen) atoms. The van der Waals surface area contributed by atoms with Crippen LogP contribution in [0, 0.1) is 6.92 Å². The van der Waals surface area contributed by atoms with E-state index in [2.05, 4.69) is 12.0 Å². The minimum absolute atomic E-state index is 0.236. The van der Waals surface area contributed by atoms with Crippen molar-refractivity contribution in [1.29, 1.82) is 0 Å². The van der Waals surface area contributed by atoms with Gasteiger partial charge in [0, 0.05) is 12.6 Å². The molecule has 1 aromatic heterocycles. The third kappa shape index (κ3) is 2.32. The summed E-state index contributed by atoms with van der Waals surface area (Å²) in [6.07, 6.45) is 0.988. The molecule has 1 aromatic carbocycles. The van der Waals surface area contributed by atoms with Crippen LogP contribution in [-0.4, -0.2) is 21.5 Å². The van der Waals surface area contributed by atoms with E-state index < -0.39 is 0 Å². The Balaban J connectivity index is 2.26. The van der Waals surface area contributed by atoms with Gasteiger partial charge in [-0.2, -0.15) is 5.10 Å². The van der Waals surface area contributed by atoms with Crippen LogP contribution in [0.5, 0.6) is 11.5 Å². The number of benzene rings is 1. The number of rotatable bonds is 4. The van der Waals surface area contributed by atoms with Gasteiger partial charge in [0.2, 0.25) is 0 Å². The van der Waals surface area contributed by atoms with E-state index in [0.717, 1.165) is 23.4 Å². The van der Waals surface area contributed by atoms with Gasteiger partial charge in [-0.15, -0.1) is 0 Å². The molecule has 0 saturated heterocycles. The molecule has 4 nitrogen and oxygen atoms in total. The molecule has 1 heterocycles. The molecule has 2 rings (SSSR count). The number of nitrogens with zero attached hydrogens (tertiary/aromatic N) is 2. The molecule has 0 aliphatic rings.